The van der Waals surface area contributed by atoms with Crippen LogP contribution in [0.5, 0.6) is 5.75 Å². The highest BCUT2D eigenvalue weighted by molar-refractivity contribution is 5.99. The zero-order valence-corrected chi connectivity index (χ0v) is 15.1. The Labute approximate surface area is 154 Å². The van der Waals surface area contributed by atoms with Crippen molar-refractivity contribution in [2.24, 2.45) is 5.92 Å². The molecule has 4 nitrogen and oxygen atoms in total. The Morgan fingerprint density at radius 2 is 1.85 bits per heavy atom. The number of amides is 2. The number of methoxy groups -OCH3 is 1. The molecule has 0 saturated heterocycles. The third-order valence-electron chi connectivity index (χ3n) is 4.89. The topological polar surface area (TPSA) is 41.6 Å². The average molecular weight is 356 g/mol. The Balaban J connectivity index is 1.85. The van der Waals surface area contributed by atoms with Crippen LogP contribution in [0.4, 0.5) is 20.6 Å². The van der Waals surface area contributed by atoms with Gasteiger partial charge in [0, 0.05) is 6.54 Å². The van der Waals surface area contributed by atoms with E-state index in [1.807, 2.05) is 18.2 Å². The van der Waals surface area contributed by atoms with Gasteiger partial charge < -0.3 is 10.1 Å². The number of nitrogens with zero attached hydrogens (tertiary/aromatic N) is 1. The molecule has 0 heterocycles. The van der Waals surface area contributed by atoms with E-state index in [0.717, 1.165) is 12.8 Å². The van der Waals surface area contributed by atoms with Crippen molar-refractivity contribution in [2.45, 2.75) is 32.1 Å². The molecule has 0 radical (unpaired) electrons. The van der Waals surface area contributed by atoms with E-state index in [0.29, 0.717) is 18.2 Å². The highest BCUT2D eigenvalue weighted by Crippen LogP contribution is 2.32. The Kier molecular flexibility index (Phi) is 6.10. The van der Waals surface area contributed by atoms with Crippen molar-refractivity contribution in [2.75, 3.05) is 18.6 Å². The number of hydrogen-bond donors (Lipinski definition) is 1. The maximum absolute atomic E-state index is 14.8. The maximum Gasteiger partial charge on any atom is 0.326 e. The number of halogens is 1. The molecule has 0 unspecified atom stereocenters. The zero-order valence-electron chi connectivity index (χ0n) is 15.1. The summed E-state index contributed by atoms with van der Waals surface area (Å²) < 4.78 is 19.9. The van der Waals surface area contributed by atoms with E-state index in [-0.39, 0.29) is 17.5 Å². The molecule has 26 heavy (non-hydrogen) atoms. The van der Waals surface area contributed by atoms with E-state index >= 15 is 0 Å². The van der Waals surface area contributed by atoms with Gasteiger partial charge in [-0.25, -0.2) is 9.18 Å². The van der Waals surface area contributed by atoms with Crippen molar-refractivity contribution in [3.05, 3.63) is 54.3 Å². The van der Waals surface area contributed by atoms with E-state index in [4.69, 9.17) is 4.74 Å². The van der Waals surface area contributed by atoms with Gasteiger partial charge in [0.05, 0.1) is 18.5 Å². The number of urea groups is 1. The van der Waals surface area contributed by atoms with Gasteiger partial charge in [-0.1, -0.05) is 43.5 Å². The number of hydrogen-bond acceptors (Lipinski definition) is 2. The van der Waals surface area contributed by atoms with Gasteiger partial charge in [0.1, 0.15) is 0 Å². The van der Waals surface area contributed by atoms with Crippen LogP contribution in [0.3, 0.4) is 0 Å². The van der Waals surface area contributed by atoms with Crippen molar-refractivity contribution in [3.8, 4) is 5.75 Å². The number of carbonyl (C=O) groups is 1. The van der Waals surface area contributed by atoms with Gasteiger partial charge >= 0.3 is 6.03 Å². The van der Waals surface area contributed by atoms with Gasteiger partial charge in [-0.05, 0) is 43.0 Å². The van der Waals surface area contributed by atoms with Crippen molar-refractivity contribution < 1.29 is 13.9 Å². The third-order valence-corrected chi connectivity index (χ3v) is 4.89. The number of ether oxygens (including phenoxy) is 1. The van der Waals surface area contributed by atoms with Crippen LogP contribution in [0.2, 0.25) is 0 Å². The van der Waals surface area contributed by atoms with E-state index in [1.165, 1.54) is 31.3 Å². The molecule has 1 aliphatic rings. The first-order valence-electron chi connectivity index (χ1n) is 9.16. The van der Waals surface area contributed by atoms with Crippen LogP contribution >= 0.6 is 0 Å². The molecule has 0 bridgehead atoms. The van der Waals surface area contributed by atoms with E-state index in [1.54, 1.807) is 30.3 Å². The van der Waals surface area contributed by atoms with Crippen molar-refractivity contribution >= 4 is 17.4 Å². The third kappa shape index (κ3) is 4.15. The van der Waals surface area contributed by atoms with Crippen LogP contribution in [-0.2, 0) is 0 Å². The lowest BCUT2D eigenvalue weighted by Gasteiger charge is -2.27. The maximum atomic E-state index is 14.8. The molecule has 0 spiro atoms. The summed E-state index contributed by atoms with van der Waals surface area (Å²) in [4.78, 5) is 14.3. The second-order valence-corrected chi connectivity index (χ2v) is 6.65. The smallest absolute Gasteiger partial charge is 0.326 e. The summed E-state index contributed by atoms with van der Waals surface area (Å²) in [5, 5.41) is 2.99. The SMILES string of the molecule is COc1cccc(N(C(=O)NCC2CCCCC2)c2ccccc2)c1F. The Morgan fingerprint density at radius 1 is 1.12 bits per heavy atom. The molecule has 1 aliphatic carbocycles. The molecule has 2 aromatic carbocycles. The fourth-order valence-corrected chi connectivity index (χ4v) is 3.47. The number of nitrogens with one attached hydrogen (secondary N) is 1. The molecular weight excluding hydrogens is 331 g/mol. The van der Waals surface area contributed by atoms with Crippen LogP contribution in [0.15, 0.2) is 48.5 Å². The van der Waals surface area contributed by atoms with Crippen LogP contribution in [0.25, 0.3) is 0 Å². The van der Waals surface area contributed by atoms with Gasteiger partial charge in [-0.2, -0.15) is 0 Å². The fourth-order valence-electron chi connectivity index (χ4n) is 3.47. The summed E-state index contributed by atoms with van der Waals surface area (Å²) in [7, 11) is 1.41. The molecule has 1 fully saturated rings. The standard InChI is InChI=1S/C21H25FN2O2/c1-26-19-14-8-13-18(20(19)22)24(17-11-6-3-7-12-17)21(25)23-15-16-9-4-2-5-10-16/h3,6-8,11-14,16H,2,4-5,9-10,15H2,1H3,(H,23,25). The second kappa shape index (κ2) is 8.70. The predicted molar refractivity (Wildman–Crippen MR) is 102 cm³/mol. The monoisotopic (exact) mass is 356 g/mol. The van der Waals surface area contributed by atoms with Gasteiger partial charge in [-0.3, -0.25) is 4.90 Å². The second-order valence-electron chi connectivity index (χ2n) is 6.65. The van der Waals surface area contributed by atoms with E-state index in [9.17, 15) is 9.18 Å². The molecule has 2 aromatic rings. The lowest BCUT2D eigenvalue weighted by Crippen LogP contribution is -2.40. The summed E-state index contributed by atoms with van der Waals surface area (Å²) in [5.41, 5.74) is 0.789. The average Bonchev–Trinajstić information content (AvgIpc) is 2.69. The van der Waals surface area contributed by atoms with Gasteiger partial charge in [0.2, 0.25) is 0 Å². The lowest BCUT2D eigenvalue weighted by molar-refractivity contribution is 0.243. The number of benzene rings is 2. The van der Waals surface area contributed by atoms with E-state index < -0.39 is 5.82 Å². The van der Waals surface area contributed by atoms with Gasteiger partial charge in [-0.15, -0.1) is 0 Å². The highest BCUT2D eigenvalue weighted by Gasteiger charge is 2.24. The minimum Gasteiger partial charge on any atom is -0.494 e. The minimum atomic E-state index is -0.549. The van der Waals surface area contributed by atoms with Gasteiger partial charge in [0.25, 0.3) is 0 Å². The van der Waals surface area contributed by atoms with Crippen molar-refractivity contribution in [1.29, 1.82) is 0 Å². The number of rotatable bonds is 5. The molecule has 138 valence electrons. The molecular formula is C21H25FN2O2. The predicted octanol–water partition coefficient (Wildman–Crippen LogP) is 5.26. The molecule has 3 rings (SSSR count). The normalized spacial score (nSPS) is 14.7. The first-order valence-corrected chi connectivity index (χ1v) is 9.16. The summed E-state index contributed by atoms with van der Waals surface area (Å²) >= 11 is 0. The lowest BCUT2D eigenvalue weighted by atomic mass is 9.89. The highest BCUT2D eigenvalue weighted by atomic mass is 19.1. The summed E-state index contributed by atoms with van der Waals surface area (Å²) in [6.45, 7) is 0.619. The molecule has 1 N–H and O–H groups in total. The van der Waals surface area contributed by atoms with Gasteiger partial charge in [0.15, 0.2) is 11.6 Å². The Bertz CT molecular complexity index is 730. The number of carbonyl (C=O) groups excluding carboxylic acids is 1. The first-order chi connectivity index (χ1) is 12.7. The largest absolute Gasteiger partial charge is 0.494 e. The Hall–Kier alpha value is -2.56. The van der Waals surface area contributed by atoms with E-state index in [2.05, 4.69) is 5.32 Å². The van der Waals surface area contributed by atoms with Crippen molar-refractivity contribution in [1.82, 2.24) is 5.32 Å². The molecule has 5 heteroatoms. The van der Waals surface area contributed by atoms with Crippen LogP contribution in [0.1, 0.15) is 32.1 Å². The first kappa shape index (κ1) is 18.2. The molecule has 2 amide bonds. The van der Waals surface area contributed by atoms with Crippen LogP contribution in [-0.4, -0.2) is 19.7 Å². The van der Waals surface area contributed by atoms with Crippen LogP contribution in [0, 0.1) is 11.7 Å². The molecule has 0 atom stereocenters. The Morgan fingerprint density at radius 3 is 2.54 bits per heavy atom. The number of anilines is 2. The quantitative estimate of drug-likeness (QED) is 0.794. The fraction of sp³-hybridized carbons (Fsp3) is 0.381. The molecule has 1 saturated carbocycles. The van der Waals surface area contributed by atoms with Crippen molar-refractivity contribution in [3.63, 3.8) is 0 Å². The summed E-state index contributed by atoms with van der Waals surface area (Å²) in [6.07, 6.45) is 5.98. The number of para-hydroxylation sites is 1. The molecule has 0 aliphatic heterocycles. The van der Waals surface area contributed by atoms with Crippen LogP contribution < -0.4 is 15.0 Å². The summed E-state index contributed by atoms with van der Waals surface area (Å²) in [5.74, 6) is 0.0654. The molecule has 0 aromatic heterocycles. The summed E-state index contributed by atoms with van der Waals surface area (Å²) in [6, 6.07) is 13.6. The minimum absolute atomic E-state index is 0.114. The zero-order chi connectivity index (χ0) is 18.4.